The lowest BCUT2D eigenvalue weighted by molar-refractivity contribution is -0.136. The van der Waals surface area contributed by atoms with E-state index in [-0.39, 0.29) is 17.7 Å². The summed E-state index contributed by atoms with van der Waals surface area (Å²) in [7, 11) is 0. The van der Waals surface area contributed by atoms with Crippen molar-refractivity contribution in [3.63, 3.8) is 0 Å². The molecule has 4 heterocycles. The average molecular weight is 371 g/mol. The summed E-state index contributed by atoms with van der Waals surface area (Å²) in [6, 6.07) is 3.40. The highest BCUT2D eigenvalue weighted by Gasteiger charge is 2.59. The fraction of sp³-hybridized carbons (Fsp3) is 0.526. The van der Waals surface area contributed by atoms with E-state index in [0.717, 1.165) is 24.5 Å². The zero-order valence-electron chi connectivity index (χ0n) is 14.5. The zero-order valence-corrected chi connectivity index (χ0v) is 15.3. The molecule has 136 valence electrons. The normalized spacial score (nSPS) is 28.5. The molecule has 7 heteroatoms. The topological polar surface area (TPSA) is 66.7 Å². The number of furan rings is 1. The maximum Gasteiger partial charge on any atom is 0.289 e. The summed E-state index contributed by atoms with van der Waals surface area (Å²) >= 11 is 1.58. The van der Waals surface area contributed by atoms with Gasteiger partial charge in [0.25, 0.3) is 5.91 Å². The van der Waals surface area contributed by atoms with Crippen LogP contribution < -0.4 is 0 Å². The van der Waals surface area contributed by atoms with Crippen LogP contribution in [0, 0.1) is 11.3 Å². The summed E-state index contributed by atoms with van der Waals surface area (Å²) in [4.78, 5) is 34.5. The molecule has 0 bridgehead atoms. The highest BCUT2D eigenvalue weighted by Crippen LogP contribution is 2.51. The van der Waals surface area contributed by atoms with E-state index >= 15 is 0 Å². The minimum atomic E-state index is -0.533. The quantitative estimate of drug-likeness (QED) is 0.829. The standard InChI is InChI=1S/C19H21N3O3S/c23-17(15-2-1-8-25-15)22-11-14(16-20-6-9-26-16)19(12-22)5-7-21(18(19)24)10-13-3-4-13/h1-2,6,8-9,13-14H,3-5,7,10-12H2. The summed E-state index contributed by atoms with van der Waals surface area (Å²) in [6.45, 7) is 2.64. The van der Waals surface area contributed by atoms with Gasteiger partial charge >= 0.3 is 0 Å². The predicted molar refractivity (Wildman–Crippen MR) is 95.8 cm³/mol. The Hall–Kier alpha value is -2.15. The molecule has 3 aliphatic rings. The first-order chi connectivity index (χ1) is 12.7. The molecular formula is C19H21N3O3S. The number of nitrogens with zero attached hydrogens (tertiary/aromatic N) is 3. The molecule has 0 radical (unpaired) electrons. The Balaban J connectivity index is 1.46. The lowest BCUT2D eigenvalue weighted by atomic mass is 9.77. The summed E-state index contributed by atoms with van der Waals surface area (Å²) < 4.78 is 5.29. The lowest BCUT2D eigenvalue weighted by Gasteiger charge is -2.27. The SMILES string of the molecule is O=C(c1ccco1)N1CC(c2nccs2)C2(CCN(CC3CC3)C2=O)C1. The number of hydrogen-bond donors (Lipinski definition) is 0. The first-order valence-electron chi connectivity index (χ1n) is 9.19. The van der Waals surface area contributed by atoms with Crippen molar-refractivity contribution in [2.24, 2.45) is 11.3 Å². The number of amides is 2. The maximum atomic E-state index is 13.4. The molecule has 1 spiro atoms. The van der Waals surface area contributed by atoms with Crippen LogP contribution in [0.4, 0.5) is 0 Å². The summed E-state index contributed by atoms with van der Waals surface area (Å²) in [5.41, 5.74) is -0.533. The van der Waals surface area contributed by atoms with Crippen LogP contribution in [0.25, 0.3) is 0 Å². The Labute approximate surface area is 155 Å². The molecule has 1 aliphatic carbocycles. The van der Waals surface area contributed by atoms with E-state index in [1.54, 1.807) is 34.6 Å². The monoisotopic (exact) mass is 371 g/mol. The Kier molecular flexibility index (Phi) is 3.67. The number of aromatic nitrogens is 1. The van der Waals surface area contributed by atoms with E-state index in [2.05, 4.69) is 4.98 Å². The van der Waals surface area contributed by atoms with Gasteiger partial charge in [-0.3, -0.25) is 9.59 Å². The average Bonchev–Trinajstić information content (AvgIpc) is 3.13. The molecule has 3 fully saturated rings. The van der Waals surface area contributed by atoms with E-state index in [0.29, 0.717) is 24.8 Å². The van der Waals surface area contributed by atoms with Gasteiger partial charge in [0.05, 0.1) is 16.7 Å². The minimum absolute atomic E-state index is 0.0295. The fourth-order valence-electron chi connectivity index (χ4n) is 4.46. The van der Waals surface area contributed by atoms with Crippen molar-refractivity contribution >= 4 is 23.2 Å². The van der Waals surface area contributed by atoms with Gasteiger partial charge in [-0.05, 0) is 37.3 Å². The molecule has 2 aromatic heterocycles. The van der Waals surface area contributed by atoms with Gasteiger partial charge in [-0.15, -0.1) is 11.3 Å². The van der Waals surface area contributed by atoms with Crippen molar-refractivity contribution in [3.05, 3.63) is 40.7 Å². The molecule has 2 aliphatic heterocycles. The zero-order chi connectivity index (χ0) is 17.7. The number of rotatable bonds is 4. The summed E-state index contributed by atoms with van der Waals surface area (Å²) in [5, 5.41) is 2.91. The van der Waals surface area contributed by atoms with Crippen LogP contribution in [0.1, 0.15) is 40.7 Å². The molecule has 26 heavy (non-hydrogen) atoms. The van der Waals surface area contributed by atoms with Gasteiger partial charge in [0.15, 0.2) is 5.76 Å². The Morgan fingerprint density at radius 2 is 2.31 bits per heavy atom. The molecule has 2 amide bonds. The molecule has 6 nitrogen and oxygen atoms in total. The first-order valence-corrected chi connectivity index (χ1v) is 10.1. The molecule has 5 rings (SSSR count). The van der Waals surface area contributed by atoms with Crippen LogP contribution in [0.3, 0.4) is 0 Å². The number of thiazole rings is 1. The van der Waals surface area contributed by atoms with Gasteiger partial charge in [-0.1, -0.05) is 0 Å². The van der Waals surface area contributed by atoms with Gasteiger partial charge < -0.3 is 14.2 Å². The minimum Gasteiger partial charge on any atom is -0.459 e. The molecule has 2 saturated heterocycles. The van der Waals surface area contributed by atoms with Gasteiger partial charge in [-0.25, -0.2) is 4.98 Å². The van der Waals surface area contributed by atoms with Crippen molar-refractivity contribution in [3.8, 4) is 0 Å². The molecule has 2 unspecified atom stereocenters. The van der Waals surface area contributed by atoms with Gasteiger partial charge in [0.1, 0.15) is 0 Å². The lowest BCUT2D eigenvalue weighted by Crippen LogP contribution is -2.40. The fourth-order valence-corrected chi connectivity index (χ4v) is 5.30. The van der Waals surface area contributed by atoms with Crippen molar-refractivity contribution in [1.29, 1.82) is 0 Å². The van der Waals surface area contributed by atoms with Crippen LogP contribution in [0.5, 0.6) is 0 Å². The van der Waals surface area contributed by atoms with Crippen LogP contribution in [0.15, 0.2) is 34.4 Å². The third-order valence-corrected chi connectivity index (χ3v) is 6.92. The second-order valence-electron chi connectivity index (χ2n) is 7.69. The number of hydrogen-bond acceptors (Lipinski definition) is 5. The van der Waals surface area contributed by atoms with Crippen molar-refractivity contribution in [1.82, 2.24) is 14.8 Å². The van der Waals surface area contributed by atoms with Crippen molar-refractivity contribution < 1.29 is 14.0 Å². The molecule has 2 aromatic rings. The molecule has 2 atom stereocenters. The maximum absolute atomic E-state index is 13.4. The van der Waals surface area contributed by atoms with E-state index in [9.17, 15) is 9.59 Å². The van der Waals surface area contributed by atoms with E-state index < -0.39 is 5.41 Å². The Morgan fingerprint density at radius 1 is 1.42 bits per heavy atom. The Bertz CT molecular complexity index is 815. The van der Waals surface area contributed by atoms with Gasteiger partial charge in [0, 0.05) is 43.7 Å². The predicted octanol–water partition coefficient (Wildman–Crippen LogP) is 2.60. The third kappa shape index (κ3) is 2.48. The van der Waals surface area contributed by atoms with E-state index in [4.69, 9.17) is 4.42 Å². The van der Waals surface area contributed by atoms with E-state index in [1.165, 1.54) is 19.1 Å². The smallest absolute Gasteiger partial charge is 0.289 e. The number of carbonyl (C=O) groups is 2. The van der Waals surface area contributed by atoms with E-state index in [1.807, 2.05) is 10.3 Å². The molecule has 0 aromatic carbocycles. The highest BCUT2D eigenvalue weighted by atomic mass is 32.1. The second-order valence-corrected chi connectivity index (χ2v) is 8.61. The van der Waals surface area contributed by atoms with Gasteiger partial charge in [-0.2, -0.15) is 0 Å². The highest BCUT2D eigenvalue weighted by molar-refractivity contribution is 7.09. The molecule has 0 N–H and O–H groups in total. The second kappa shape index (κ2) is 5.94. The Morgan fingerprint density at radius 3 is 3.00 bits per heavy atom. The number of carbonyl (C=O) groups excluding carboxylic acids is 2. The van der Waals surface area contributed by atoms with Crippen LogP contribution in [-0.2, 0) is 4.79 Å². The first kappa shape index (κ1) is 16.1. The van der Waals surface area contributed by atoms with Crippen LogP contribution in [0.2, 0.25) is 0 Å². The molecular weight excluding hydrogens is 350 g/mol. The summed E-state index contributed by atoms with van der Waals surface area (Å²) in [6.07, 6.45) is 6.55. The molecule has 1 saturated carbocycles. The third-order valence-electron chi connectivity index (χ3n) is 6.03. The van der Waals surface area contributed by atoms with Crippen LogP contribution in [-0.4, -0.2) is 52.8 Å². The van der Waals surface area contributed by atoms with Gasteiger partial charge in [0.2, 0.25) is 5.91 Å². The summed E-state index contributed by atoms with van der Waals surface area (Å²) in [5.74, 6) is 1.05. The van der Waals surface area contributed by atoms with Crippen molar-refractivity contribution in [2.45, 2.75) is 25.2 Å². The number of likely N-dealkylation sites (tertiary alicyclic amines) is 2. The van der Waals surface area contributed by atoms with Crippen molar-refractivity contribution in [2.75, 3.05) is 26.2 Å². The largest absolute Gasteiger partial charge is 0.459 e. The van der Waals surface area contributed by atoms with Crippen LogP contribution >= 0.6 is 11.3 Å².